The lowest BCUT2D eigenvalue weighted by Crippen LogP contribution is -2.53. The third kappa shape index (κ3) is 3.26. The molecule has 2 aliphatic heterocycles. The van der Waals surface area contributed by atoms with Crippen molar-refractivity contribution in [3.8, 4) is 0 Å². The lowest BCUT2D eigenvalue weighted by molar-refractivity contribution is 0.162. The molecular weight excluding hydrogens is 238 g/mol. The molecule has 0 atom stereocenters. The topological polar surface area (TPSA) is 44.4 Å². The zero-order chi connectivity index (χ0) is 13.7. The first-order valence-electron chi connectivity index (χ1n) is 7.03. The molecule has 2 saturated heterocycles. The Morgan fingerprint density at radius 3 is 2.63 bits per heavy atom. The molecule has 19 heavy (non-hydrogen) atoms. The summed E-state index contributed by atoms with van der Waals surface area (Å²) >= 11 is 0. The number of nitrogens with zero attached hydrogens (tertiary/aromatic N) is 1. The average molecular weight is 261 g/mol. The molecular formula is C15H23N3O. The molecule has 2 amide bonds. The first-order chi connectivity index (χ1) is 9.26. The second-order valence-corrected chi connectivity index (χ2v) is 4.96. The Bertz CT molecular complexity index is 417. The van der Waals surface area contributed by atoms with E-state index in [0.717, 1.165) is 38.2 Å². The molecule has 0 bridgehead atoms. The van der Waals surface area contributed by atoms with Gasteiger partial charge in [-0.15, -0.1) is 0 Å². The zero-order valence-corrected chi connectivity index (χ0v) is 11.8. The Morgan fingerprint density at radius 2 is 2.00 bits per heavy atom. The van der Waals surface area contributed by atoms with E-state index in [1.165, 1.54) is 5.57 Å². The van der Waals surface area contributed by atoms with E-state index in [9.17, 15) is 4.79 Å². The van der Waals surface area contributed by atoms with Crippen LogP contribution in [-0.4, -0.2) is 36.6 Å². The zero-order valence-electron chi connectivity index (χ0n) is 11.8. The van der Waals surface area contributed by atoms with Crippen molar-refractivity contribution in [2.24, 2.45) is 0 Å². The fourth-order valence-electron chi connectivity index (χ4n) is 2.61. The highest BCUT2D eigenvalue weighted by molar-refractivity contribution is 5.80. The van der Waals surface area contributed by atoms with Crippen molar-refractivity contribution in [3.05, 3.63) is 35.6 Å². The number of urea groups is 1. The van der Waals surface area contributed by atoms with Crippen molar-refractivity contribution in [1.29, 1.82) is 0 Å². The van der Waals surface area contributed by atoms with E-state index in [1.807, 2.05) is 37.0 Å². The molecule has 0 aromatic carbocycles. The van der Waals surface area contributed by atoms with E-state index in [-0.39, 0.29) is 6.03 Å². The number of carbonyl (C=O) groups excluding carboxylic acids is 1. The van der Waals surface area contributed by atoms with Gasteiger partial charge in [0.05, 0.1) is 0 Å². The summed E-state index contributed by atoms with van der Waals surface area (Å²) in [5, 5.41) is 6.34. The molecule has 0 aromatic heterocycles. The van der Waals surface area contributed by atoms with Crippen LogP contribution in [0.1, 0.15) is 26.7 Å². The van der Waals surface area contributed by atoms with Gasteiger partial charge in [0.15, 0.2) is 0 Å². The van der Waals surface area contributed by atoms with Crippen LogP contribution >= 0.6 is 0 Å². The van der Waals surface area contributed by atoms with Crippen molar-refractivity contribution < 1.29 is 4.79 Å². The number of amides is 2. The fraction of sp³-hybridized carbons (Fsp3) is 0.533. The fourth-order valence-corrected chi connectivity index (χ4v) is 2.61. The van der Waals surface area contributed by atoms with E-state index in [0.29, 0.717) is 6.04 Å². The first kappa shape index (κ1) is 13.9. The van der Waals surface area contributed by atoms with Crippen molar-refractivity contribution in [1.82, 2.24) is 15.5 Å². The number of piperidine rings is 1. The molecule has 0 aliphatic carbocycles. The maximum Gasteiger partial charge on any atom is 0.322 e. The highest BCUT2D eigenvalue weighted by Gasteiger charge is 2.30. The molecule has 2 rings (SSSR count). The van der Waals surface area contributed by atoms with Gasteiger partial charge in [-0.3, -0.25) is 0 Å². The summed E-state index contributed by atoms with van der Waals surface area (Å²) in [6.07, 6.45) is 10.1. The molecule has 2 fully saturated rings. The molecule has 0 spiro atoms. The van der Waals surface area contributed by atoms with Crippen molar-refractivity contribution >= 4 is 6.03 Å². The third-order valence-electron chi connectivity index (χ3n) is 3.74. The Kier molecular flexibility index (Phi) is 4.80. The van der Waals surface area contributed by atoms with Crippen LogP contribution in [0.2, 0.25) is 0 Å². The number of hydrogen-bond donors (Lipinski definition) is 2. The summed E-state index contributed by atoms with van der Waals surface area (Å²) in [4.78, 5) is 14.2. The Labute approximate surface area is 115 Å². The smallest absolute Gasteiger partial charge is 0.317 e. The summed E-state index contributed by atoms with van der Waals surface area (Å²) < 4.78 is 0. The van der Waals surface area contributed by atoms with Crippen molar-refractivity contribution in [2.75, 3.05) is 19.6 Å². The predicted molar refractivity (Wildman–Crippen MR) is 77.8 cm³/mol. The molecule has 2 heterocycles. The Morgan fingerprint density at radius 1 is 1.26 bits per heavy atom. The van der Waals surface area contributed by atoms with Crippen molar-refractivity contribution in [3.63, 3.8) is 0 Å². The molecule has 2 N–H and O–H groups in total. The highest BCUT2D eigenvalue weighted by Crippen LogP contribution is 2.21. The standard InChI is InChI=1S/C15H23N3O/c1-3-5-6-14-12(4-2)11-18(15(19)17-14)13-7-9-16-10-8-13/h3-6,13,16H,7-11H2,1-2H3,(H,17,19)/b5-3+,12-4-,14-6+. The minimum Gasteiger partial charge on any atom is -0.317 e. The predicted octanol–water partition coefficient (Wildman–Crippen LogP) is 2.17. The van der Waals surface area contributed by atoms with Crippen LogP contribution < -0.4 is 10.6 Å². The van der Waals surface area contributed by atoms with E-state index in [1.54, 1.807) is 0 Å². The molecule has 4 nitrogen and oxygen atoms in total. The summed E-state index contributed by atoms with van der Waals surface area (Å²) in [5.74, 6) is 0. The van der Waals surface area contributed by atoms with Crippen LogP contribution in [0.15, 0.2) is 35.6 Å². The lowest BCUT2D eigenvalue weighted by Gasteiger charge is -2.39. The molecule has 4 heteroatoms. The first-order valence-corrected chi connectivity index (χ1v) is 7.03. The van der Waals surface area contributed by atoms with Crippen LogP contribution in [0.4, 0.5) is 4.79 Å². The number of rotatable bonds is 2. The number of hydrogen-bond acceptors (Lipinski definition) is 2. The highest BCUT2D eigenvalue weighted by atomic mass is 16.2. The normalized spacial score (nSPS) is 26.4. The van der Waals surface area contributed by atoms with Gasteiger partial charge in [0.2, 0.25) is 0 Å². The van der Waals surface area contributed by atoms with Crippen LogP contribution in [0, 0.1) is 0 Å². The van der Waals surface area contributed by atoms with E-state index in [2.05, 4.69) is 16.7 Å². The number of allylic oxidation sites excluding steroid dienone is 4. The second kappa shape index (κ2) is 6.57. The molecule has 104 valence electrons. The monoisotopic (exact) mass is 261 g/mol. The molecule has 2 aliphatic rings. The van der Waals surface area contributed by atoms with Gasteiger partial charge >= 0.3 is 6.03 Å². The molecule has 0 radical (unpaired) electrons. The maximum absolute atomic E-state index is 12.2. The molecule has 0 aromatic rings. The van der Waals surface area contributed by atoms with Crippen LogP contribution in [0.3, 0.4) is 0 Å². The minimum atomic E-state index is 0.0354. The van der Waals surface area contributed by atoms with E-state index < -0.39 is 0 Å². The van der Waals surface area contributed by atoms with E-state index >= 15 is 0 Å². The summed E-state index contributed by atoms with van der Waals surface area (Å²) in [7, 11) is 0. The quantitative estimate of drug-likeness (QED) is 0.800. The molecule has 0 saturated carbocycles. The van der Waals surface area contributed by atoms with Crippen LogP contribution in [0.5, 0.6) is 0 Å². The number of nitrogens with one attached hydrogen (secondary N) is 2. The van der Waals surface area contributed by atoms with Crippen LogP contribution in [0.25, 0.3) is 0 Å². The summed E-state index contributed by atoms with van der Waals surface area (Å²) in [6, 6.07) is 0.396. The van der Waals surface area contributed by atoms with Gasteiger partial charge < -0.3 is 15.5 Å². The minimum absolute atomic E-state index is 0.0354. The van der Waals surface area contributed by atoms with Crippen molar-refractivity contribution in [2.45, 2.75) is 32.7 Å². The van der Waals surface area contributed by atoms with E-state index in [4.69, 9.17) is 0 Å². The second-order valence-electron chi connectivity index (χ2n) is 4.96. The SMILES string of the molecule is C/C=C1/CN(C2CCNCC2)C(=O)N/C1=C/C=C/C. The Balaban J connectivity index is 2.12. The van der Waals surface area contributed by atoms with Gasteiger partial charge in [-0.25, -0.2) is 4.79 Å². The van der Waals surface area contributed by atoms with Gasteiger partial charge in [0.1, 0.15) is 0 Å². The maximum atomic E-state index is 12.2. The Hall–Kier alpha value is -1.55. The number of carbonyl (C=O) groups is 1. The third-order valence-corrected chi connectivity index (χ3v) is 3.74. The summed E-state index contributed by atoms with van der Waals surface area (Å²) in [5.41, 5.74) is 2.12. The van der Waals surface area contributed by atoms with Crippen LogP contribution in [-0.2, 0) is 0 Å². The largest absolute Gasteiger partial charge is 0.322 e. The summed E-state index contributed by atoms with van der Waals surface area (Å²) in [6.45, 7) is 6.72. The van der Waals surface area contributed by atoms with Gasteiger partial charge in [0.25, 0.3) is 0 Å². The van der Waals surface area contributed by atoms with Gasteiger partial charge in [0, 0.05) is 18.3 Å². The van der Waals surface area contributed by atoms with Gasteiger partial charge in [-0.1, -0.05) is 18.2 Å². The lowest BCUT2D eigenvalue weighted by atomic mass is 10.0. The van der Waals surface area contributed by atoms with Gasteiger partial charge in [-0.2, -0.15) is 0 Å². The average Bonchev–Trinajstić information content (AvgIpc) is 2.46. The van der Waals surface area contributed by atoms with Gasteiger partial charge in [-0.05, 0) is 51.4 Å². The molecule has 0 unspecified atom stereocenters.